The fraction of sp³-hybridized carbons (Fsp3) is 0.385. The number of nitrogens with zero attached hydrogens (tertiary/aromatic N) is 4. The molecule has 1 aromatic heterocycles. The molecule has 1 fully saturated rings. The average Bonchev–Trinajstić information content (AvgIpc) is 3.19. The van der Waals surface area contributed by atoms with Crippen molar-refractivity contribution in [3.8, 4) is 5.75 Å². The third kappa shape index (κ3) is 4.09. The topological polar surface area (TPSA) is 76.1 Å². The van der Waals surface area contributed by atoms with Crippen molar-refractivity contribution < 1.29 is 9.53 Å². The number of amides is 1. The second-order valence-electron chi connectivity index (χ2n) is 8.90. The normalized spacial score (nSPS) is 18.6. The molecular weight excluding hydrogens is 414 g/mol. The molecule has 0 saturated carbocycles. The van der Waals surface area contributed by atoms with Crippen molar-refractivity contribution >= 4 is 34.4 Å². The molecule has 0 radical (unpaired) electrons. The Morgan fingerprint density at radius 2 is 2.09 bits per heavy atom. The van der Waals surface area contributed by atoms with Crippen molar-refractivity contribution in [1.29, 1.82) is 0 Å². The van der Waals surface area contributed by atoms with Crippen LogP contribution in [0.5, 0.6) is 5.75 Å². The SMILES string of the molecule is CCn1c(C=Nc2cc(C(=O)N3CCCC(N)C3)cc3c2N(C)CCO3)cc2ccccc21. The number of para-hydroxylation sites is 1. The van der Waals surface area contributed by atoms with Crippen molar-refractivity contribution in [2.75, 3.05) is 38.2 Å². The number of benzene rings is 2. The molecule has 1 saturated heterocycles. The van der Waals surface area contributed by atoms with Gasteiger partial charge in [-0.25, -0.2) is 0 Å². The molecule has 7 nitrogen and oxygen atoms in total. The zero-order valence-electron chi connectivity index (χ0n) is 19.3. The number of ether oxygens (including phenoxy) is 1. The van der Waals surface area contributed by atoms with E-state index in [0.717, 1.165) is 49.5 Å². The van der Waals surface area contributed by atoms with Crippen LogP contribution in [0.4, 0.5) is 11.4 Å². The molecule has 0 bridgehead atoms. The predicted octanol–water partition coefficient (Wildman–Crippen LogP) is 3.80. The third-order valence-corrected chi connectivity index (χ3v) is 6.61. The Balaban J connectivity index is 1.55. The van der Waals surface area contributed by atoms with Crippen molar-refractivity contribution in [2.24, 2.45) is 10.7 Å². The zero-order chi connectivity index (χ0) is 22.9. The van der Waals surface area contributed by atoms with E-state index in [4.69, 9.17) is 15.5 Å². The van der Waals surface area contributed by atoms with E-state index in [1.54, 1.807) is 0 Å². The highest BCUT2D eigenvalue weighted by Crippen LogP contribution is 2.41. The van der Waals surface area contributed by atoms with Crippen molar-refractivity contribution in [3.63, 3.8) is 0 Å². The lowest BCUT2D eigenvalue weighted by atomic mass is 10.0. The molecule has 3 heterocycles. The average molecular weight is 446 g/mol. The molecule has 2 N–H and O–H groups in total. The predicted molar refractivity (Wildman–Crippen MR) is 133 cm³/mol. The summed E-state index contributed by atoms with van der Waals surface area (Å²) in [6.07, 6.45) is 3.79. The summed E-state index contributed by atoms with van der Waals surface area (Å²) in [5.74, 6) is 0.697. The first-order valence-electron chi connectivity index (χ1n) is 11.7. The molecule has 1 unspecified atom stereocenters. The molecule has 172 valence electrons. The van der Waals surface area contributed by atoms with E-state index in [1.165, 1.54) is 10.9 Å². The number of aryl methyl sites for hydroxylation is 1. The Kier molecular flexibility index (Phi) is 5.81. The number of likely N-dealkylation sites (tertiary alicyclic amines) is 1. The lowest BCUT2D eigenvalue weighted by Gasteiger charge is -2.32. The molecule has 3 aromatic rings. The standard InChI is InChI=1S/C26H31N5O2/c1-3-31-21(13-18-7-4-5-9-23(18)31)16-28-22-14-19(15-24-25(22)29(2)11-12-33-24)26(32)30-10-6-8-20(27)17-30/h4-5,7,9,13-16,20H,3,6,8,10-12,17,27H2,1-2H3. The fourth-order valence-corrected chi connectivity index (χ4v) is 4.92. The highest BCUT2D eigenvalue weighted by Gasteiger charge is 2.26. The number of anilines is 1. The van der Waals surface area contributed by atoms with E-state index in [2.05, 4.69) is 40.7 Å². The first-order valence-corrected chi connectivity index (χ1v) is 11.7. The van der Waals surface area contributed by atoms with Gasteiger partial charge in [0.25, 0.3) is 5.91 Å². The van der Waals surface area contributed by atoms with Gasteiger partial charge in [-0.2, -0.15) is 0 Å². The molecule has 0 spiro atoms. The van der Waals surface area contributed by atoms with Crippen LogP contribution in [-0.2, 0) is 6.54 Å². The number of piperidine rings is 1. The van der Waals surface area contributed by atoms with Crippen molar-refractivity contribution in [1.82, 2.24) is 9.47 Å². The molecule has 1 atom stereocenters. The van der Waals surface area contributed by atoms with Crippen molar-refractivity contribution in [3.05, 3.63) is 53.7 Å². The van der Waals surface area contributed by atoms with E-state index in [-0.39, 0.29) is 11.9 Å². The summed E-state index contributed by atoms with van der Waals surface area (Å²) in [7, 11) is 2.04. The van der Waals surface area contributed by atoms with Gasteiger partial charge in [0.15, 0.2) is 0 Å². The van der Waals surface area contributed by atoms with Gasteiger partial charge in [0, 0.05) is 49.2 Å². The zero-order valence-corrected chi connectivity index (χ0v) is 19.3. The minimum atomic E-state index is -0.0103. The number of rotatable bonds is 4. The Bertz CT molecular complexity index is 1210. The molecule has 7 heteroatoms. The van der Waals surface area contributed by atoms with Gasteiger partial charge in [0.2, 0.25) is 0 Å². The van der Waals surface area contributed by atoms with Crippen LogP contribution in [0.3, 0.4) is 0 Å². The molecule has 0 aliphatic carbocycles. The Morgan fingerprint density at radius 3 is 2.91 bits per heavy atom. The second-order valence-corrected chi connectivity index (χ2v) is 8.90. The van der Waals surface area contributed by atoms with Crippen LogP contribution in [0, 0.1) is 0 Å². The van der Waals surface area contributed by atoms with Gasteiger partial charge in [-0.1, -0.05) is 18.2 Å². The van der Waals surface area contributed by atoms with Crippen LogP contribution in [0.1, 0.15) is 35.8 Å². The maximum absolute atomic E-state index is 13.3. The Labute approximate surface area is 194 Å². The van der Waals surface area contributed by atoms with E-state index < -0.39 is 0 Å². The van der Waals surface area contributed by atoms with Gasteiger partial charge < -0.3 is 24.8 Å². The fourth-order valence-electron chi connectivity index (χ4n) is 4.92. The van der Waals surface area contributed by atoms with Crippen LogP contribution >= 0.6 is 0 Å². The molecular formula is C26H31N5O2. The van der Waals surface area contributed by atoms with E-state index in [0.29, 0.717) is 24.5 Å². The maximum Gasteiger partial charge on any atom is 0.254 e. The summed E-state index contributed by atoms with van der Waals surface area (Å²) in [5.41, 5.74) is 10.6. The summed E-state index contributed by atoms with van der Waals surface area (Å²) >= 11 is 0. The maximum atomic E-state index is 13.3. The molecule has 2 aliphatic heterocycles. The summed E-state index contributed by atoms with van der Waals surface area (Å²) in [5, 5.41) is 1.19. The largest absolute Gasteiger partial charge is 0.489 e. The monoisotopic (exact) mass is 445 g/mol. The number of hydrogen-bond donors (Lipinski definition) is 1. The lowest BCUT2D eigenvalue weighted by Crippen LogP contribution is -2.45. The van der Waals surface area contributed by atoms with Gasteiger partial charge in [0.05, 0.1) is 24.1 Å². The minimum Gasteiger partial charge on any atom is -0.489 e. The smallest absolute Gasteiger partial charge is 0.254 e. The number of aromatic nitrogens is 1. The molecule has 2 aliphatic rings. The van der Waals surface area contributed by atoms with E-state index >= 15 is 0 Å². The number of carbonyl (C=O) groups is 1. The van der Waals surface area contributed by atoms with Gasteiger partial charge in [-0.3, -0.25) is 9.79 Å². The first kappa shape index (κ1) is 21.5. The van der Waals surface area contributed by atoms with Gasteiger partial charge in [0.1, 0.15) is 18.0 Å². The summed E-state index contributed by atoms with van der Waals surface area (Å²) in [6.45, 7) is 5.67. The third-order valence-electron chi connectivity index (χ3n) is 6.61. The van der Waals surface area contributed by atoms with Crippen molar-refractivity contribution in [2.45, 2.75) is 32.4 Å². The Morgan fingerprint density at radius 1 is 1.24 bits per heavy atom. The molecule has 33 heavy (non-hydrogen) atoms. The second kappa shape index (κ2) is 8.90. The lowest BCUT2D eigenvalue weighted by molar-refractivity contribution is 0.0708. The minimum absolute atomic E-state index is 0.0103. The summed E-state index contributed by atoms with van der Waals surface area (Å²) < 4.78 is 8.21. The Hall–Kier alpha value is -3.32. The van der Waals surface area contributed by atoms with Crippen LogP contribution in [0.15, 0.2) is 47.5 Å². The highest BCUT2D eigenvalue weighted by molar-refractivity contribution is 5.99. The summed E-state index contributed by atoms with van der Waals surface area (Å²) in [6, 6.07) is 14.3. The highest BCUT2D eigenvalue weighted by atomic mass is 16.5. The number of hydrogen-bond acceptors (Lipinski definition) is 5. The van der Waals surface area contributed by atoms with Gasteiger partial charge in [-0.05, 0) is 44.0 Å². The molecule has 5 rings (SSSR count). The van der Waals surface area contributed by atoms with E-state index in [9.17, 15) is 4.79 Å². The number of aliphatic imine (C=N–C) groups is 1. The number of nitrogens with two attached hydrogens (primary N) is 1. The van der Waals surface area contributed by atoms with Crippen LogP contribution < -0.4 is 15.4 Å². The molecule has 2 aromatic carbocycles. The number of fused-ring (bicyclic) bond motifs is 2. The molecule has 1 amide bonds. The van der Waals surface area contributed by atoms with Crippen LogP contribution in [0.25, 0.3) is 10.9 Å². The summed E-state index contributed by atoms with van der Waals surface area (Å²) in [4.78, 5) is 22.2. The number of likely N-dealkylation sites (N-methyl/N-ethyl adjacent to an activating group) is 1. The van der Waals surface area contributed by atoms with Gasteiger partial charge >= 0.3 is 0 Å². The van der Waals surface area contributed by atoms with Crippen LogP contribution in [0.2, 0.25) is 0 Å². The quantitative estimate of drug-likeness (QED) is 0.620. The number of carbonyl (C=O) groups excluding carboxylic acids is 1. The first-order chi connectivity index (χ1) is 16.0. The van der Waals surface area contributed by atoms with Crippen LogP contribution in [-0.4, -0.2) is 60.9 Å². The van der Waals surface area contributed by atoms with Gasteiger partial charge in [-0.15, -0.1) is 0 Å². The van der Waals surface area contributed by atoms with E-state index in [1.807, 2.05) is 36.4 Å².